The van der Waals surface area contributed by atoms with Crippen LogP contribution in [0.4, 0.5) is 0 Å². The fourth-order valence-electron chi connectivity index (χ4n) is 3.51. The Hall–Kier alpha value is -3.04. The van der Waals surface area contributed by atoms with E-state index in [1.165, 1.54) is 0 Å². The fraction of sp³-hybridized carbons (Fsp3) is 0. The monoisotopic (exact) mass is 345 g/mol. The van der Waals surface area contributed by atoms with Gasteiger partial charge in [-0.05, 0) is 30.3 Å². The number of para-hydroxylation sites is 1. The summed E-state index contributed by atoms with van der Waals surface area (Å²) in [5.41, 5.74) is 2.98. The van der Waals surface area contributed by atoms with E-state index in [0.717, 1.165) is 27.5 Å². The molecule has 0 amide bonds. The maximum Gasteiger partial charge on any atom is 0.346 e. The number of hydrogen-bond acceptors (Lipinski definition) is 2. The van der Waals surface area contributed by atoms with Crippen LogP contribution >= 0.6 is 11.6 Å². The van der Waals surface area contributed by atoms with E-state index in [9.17, 15) is 4.79 Å². The molecule has 0 saturated heterocycles. The van der Waals surface area contributed by atoms with Gasteiger partial charge in [0.15, 0.2) is 0 Å². The Kier molecular flexibility index (Phi) is 2.99. The minimum absolute atomic E-state index is 0.328. The molecule has 0 aliphatic rings. The maximum atomic E-state index is 12.7. The first-order chi connectivity index (χ1) is 12.2. The summed E-state index contributed by atoms with van der Waals surface area (Å²) in [7, 11) is 0. The van der Waals surface area contributed by atoms with Crippen molar-refractivity contribution >= 4 is 38.9 Å². The van der Waals surface area contributed by atoms with Crippen molar-refractivity contribution in [1.29, 1.82) is 0 Å². The Balaban J connectivity index is 2.13. The Morgan fingerprint density at radius 1 is 0.880 bits per heavy atom. The summed E-state index contributed by atoms with van der Waals surface area (Å²) in [6.07, 6.45) is 1.96. The third-order valence-electron chi connectivity index (χ3n) is 4.50. The molecule has 25 heavy (non-hydrogen) atoms. The molecule has 0 aliphatic carbocycles. The fourth-order valence-corrected chi connectivity index (χ4v) is 3.70. The lowest BCUT2D eigenvalue weighted by Crippen LogP contribution is -1.98. The van der Waals surface area contributed by atoms with Gasteiger partial charge in [-0.2, -0.15) is 0 Å². The molecule has 0 N–H and O–H groups in total. The molecule has 0 atom stereocenters. The third kappa shape index (κ3) is 2.03. The van der Waals surface area contributed by atoms with Crippen LogP contribution in [-0.2, 0) is 0 Å². The number of pyridine rings is 1. The van der Waals surface area contributed by atoms with Crippen LogP contribution in [0, 0.1) is 0 Å². The average Bonchev–Trinajstić information content (AvgIpc) is 2.98. The predicted molar refractivity (Wildman–Crippen MR) is 101 cm³/mol. The van der Waals surface area contributed by atoms with E-state index in [4.69, 9.17) is 16.0 Å². The van der Waals surface area contributed by atoms with Crippen LogP contribution in [0.15, 0.2) is 82.1 Å². The van der Waals surface area contributed by atoms with Crippen LogP contribution in [-0.4, -0.2) is 4.40 Å². The average molecular weight is 346 g/mol. The lowest BCUT2D eigenvalue weighted by Gasteiger charge is -2.06. The second-order valence-electron chi connectivity index (χ2n) is 5.95. The van der Waals surface area contributed by atoms with E-state index in [1.807, 2.05) is 77.3 Å². The molecule has 0 saturated carbocycles. The van der Waals surface area contributed by atoms with Crippen molar-refractivity contribution in [3.05, 3.63) is 88.4 Å². The molecule has 3 nitrogen and oxygen atoms in total. The van der Waals surface area contributed by atoms with Crippen LogP contribution in [0.25, 0.3) is 38.5 Å². The summed E-state index contributed by atoms with van der Waals surface area (Å²) in [6.45, 7) is 0. The van der Waals surface area contributed by atoms with Gasteiger partial charge in [-0.3, -0.25) is 0 Å². The zero-order valence-electron chi connectivity index (χ0n) is 13.1. The van der Waals surface area contributed by atoms with Crippen molar-refractivity contribution in [2.75, 3.05) is 0 Å². The number of aromatic nitrogens is 1. The number of fused-ring (bicyclic) bond motifs is 5. The highest BCUT2D eigenvalue weighted by atomic mass is 35.5. The van der Waals surface area contributed by atoms with Gasteiger partial charge in [0.05, 0.1) is 16.6 Å². The maximum absolute atomic E-state index is 12.7. The van der Waals surface area contributed by atoms with Crippen molar-refractivity contribution in [3.8, 4) is 11.3 Å². The zero-order chi connectivity index (χ0) is 17.0. The number of nitrogens with zero attached hydrogens (tertiary/aromatic N) is 1. The Labute approximate surface area is 147 Å². The van der Waals surface area contributed by atoms with Crippen LogP contribution in [0.3, 0.4) is 0 Å². The predicted octanol–water partition coefficient (Wildman–Crippen LogP) is 5.52. The molecule has 0 bridgehead atoms. The quantitative estimate of drug-likeness (QED) is 0.375. The Bertz CT molecular complexity index is 1330. The summed E-state index contributed by atoms with van der Waals surface area (Å²) in [5.74, 6) is 0. The lowest BCUT2D eigenvalue weighted by molar-refractivity contribution is 0.570. The molecule has 2 aromatic carbocycles. The molecular weight excluding hydrogens is 334 g/mol. The number of benzene rings is 2. The molecule has 120 valence electrons. The van der Waals surface area contributed by atoms with Crippen molar-refractivity contribution in [2.45, 2.75) is 0 Å². The van der Waals surface area contributed by atoms with Gasteiger partial charge in [0.25, 0.3) is 0 Å². The molecule has 5 aromatic rings. The molecule has 5 rings (SSSR count). The first kappa shape index (κ1) is 14.3. The van der Waals surface area contributed by atoms with E-state index in [-0.39, 0.29) is 5.63 Å². The first-order valence-electron chi connectivity index (χ1n) is 7.94. The minimum Gasteiger partial charge on any atom is -0.422 e. The van der Waals surface area contributed by atoms with E-state index in [0.29, 0.717) is 16.0 Å². The van der Waals surface area contributed by atoms with Crippen LogP contribution < -0.4 is 5.63 Å². The van der Waals surface area contributed by atoms with Gasteiger partial charge >= 0.3 is 5.63 Å². The SMILES string of the molecule is O=c1oc2ccccc2c2c(-c3cccc(Cl)c3)n3ccccc3c12. The topological polar surface area (TPSA) is 34.6 Å². The van der Waals surface area contributed by atoms with Crippen molar-refractivity contribution < 1.29 is 4.42 Å². The molecule has 4 heteroatoms. The van der Waals surface area contributed by atoms with Gasteiger partial charge in [0, 0.05) is 27.6 Å². The van der Waals surface area contributed by atoms with Gasteiger partial charge in [0.2, 0.25) is 0 Å². The Morgan fingerprint density at radius 3 is 2.60 bits per heavy atom. The number of rotatable bonds is 1. The van der Waals surface area contributed by atoms with Crippen LogP contribution in [0.5, 0.6) is 0 Å². The number of halogens is 1. The van der Waals surface area contributed by atoms with Gasteiger partial charge in [-0.1, -0.05) is 48.0 Å². The van der Waals surface area contributed by atoms with Crippen LogP contribution in [0.1, 0.15) is 0 Å². The third-order valence-corrected chi connectivity index (χ3v) is 4.74. The summed E-state index contributed by atoms with van der Waals surface area (Å²) in [4.78, 5) is 12.7. The molecule has 0 unspecified atom stereocenters. The zero-order valence-corrected chi connectivity index (χ0v) is 13.8. The summed E-state index contributed by atoms with van der Waals surface area (Å²) < 4.78 is 7.59. The lowest BCUT2D eigenvalue weighted by atomic mass is 10.0. The smallest absolute Gasteiger partial charge is 0.346 e. The summed E-state index contributed by atoms with van der Waals surface area (Å²) in [5, 5.41) is 3.05. The minimum atomic E-state index is -0.328. The molecule has 0 radical (unpaired) electrons. The largest absolute Gasteiger partial charge is 0.422 e. The van der Waals surface area contributed by atoms with E-state index >= 15 is 0 Å². The molecular formula is C21H12ClNO2. The van der Waals surface area contributed by atoms with Crippen LogP contribution in [0.2, 0.25) is 5.02 Å². The van der Waals surface area contributed by atoms with E-state index in [1.54, 1.807) is 0 Å². The number of hydrogen-bond donors (Lipinski definition) is 0. The van der Waals surface area contributed by atoms with Crippen molar-refractivity contribution in [2.24, 2.45) is 0 Å². The Morgan fingerprint density at radius 2 is 1.72 bits per heavy atom. The molecule has 3 aromatic heterocycles. The highest BCUT2D eigenvalue weighted by Crippen LogP contribution is 2.37. The normalized spacial score (nSPS) is 11.6. The van der Waals surface area contributed by atoms with Gasteiger partial charge in [0.1, 0.15) is 5.58 Å². The molecule has 0 fully saturated rings. The summed E-state index contributed by atoms with van der Waals surface area (Å²) in [6, 6.07) is 21.1. The van der Waals surface area contributed by atoms with Gasteiger partial charge in [-0.15, -0.1) is 0 Å². The first-order valence-corrected chi connectivity index (χ1v) is 8.32. The second kappa shape index (κ2) is 5.23. The summed E-state index contributed by atoms with van der Waals surface area (Å²) >= 11 is 6.22. The molecule has 0 spiro atoms. The van der Waals surface area contributed by atoms with Crippen molar-refractivity contribution in [1.82, 2.24) is 4.40 Å². The highest BCUT2D eigenvalue weighted by Gasteiger charge is 2.19. The van der Waals surface area contributed by atoms with E-state index < -0.39 is 0 Å². The van der Waals surface area contributed by atoms with Gasteiger partial charge in [-0.25, -0.2) is 4.79 Å². The highest BCUT2D eigenvalue weighted by molar-refractivity contribution is 6.31. The van der Waals surface area contributed by atoms with E-state index in [2.05, 4.69) is 0 Å². The molecule has 0 aliphatic heterocycles. The standard InChI is InChI=1S/C21H12ClNO2/c22-14-7-5-6-13(12-14)20-18-15-8-1-2-10-17(15)25-21(24)19(18)16-9-3-4-11-23(16)20/h1-12H. The van der Waals surface area contributed by atoms with Crippen molar-refractivity contribution in [3.63, 3.8) is 0 Å². The second-order valence-corrected chi connectivity index (χ2v) is 6.39. The van der Waals surface area contributed by atoms with Gasteiger partial charge < -0.3 is 8.82 Å². The molecule has 3 heterocycles.